The fraction of sp³-hybridized carbons (Fsp3) is 0.407. The van der Waals surface area contributed by atoms with E-state index in [9.17, 15) is 4.79 Å². The maximum Gasteiger partial charge on any atom is 0.261 e. The normalized spacial score (nSPS) is 17.2. The van der Waals surface area contributed by atoms with Gasteiger partial charge in [0.05, 0.1) is 17.1 Å². The zero-order valence-electron chi connectivity index (χ0n) is 21.4. The topological polar surface area (TPSA) is 75.9 Å². The Balaban J connectivity index is 1.34. The summed E-state index contributed by atoms with van der Waals surface area (Å²) in [7, 11) is 3.84. The van der Waals surface area contributed by atoms with Crippen molar-refractivity contribution in [2.45, 2.75) is 45.1 Å². The summed E-state index contributed by atoms with van der Waals surface area (Å²) in [5.41, 5.74) is 3.79. The van der Waals surface area contributed by atoms with Crippen molar-refractivity contribution in [2.24, 2.45) is 0 Å². The number of nitrogens with zero attached hydrogens (tertiary/aromatic N) is 6. The Labute approximate surface area is 218 Å². The molecule has 3 aromatic heterocycles. The molecule has 1 aliphatic carbocycles. The summed E-state index contributed by atoms with van der Waals surface area (Å²) in [6, 6.07) is 8.50. The van der Waals surface area contributed by atoms with Gasteiger partial charge >= 0.3 is 0 Å². The zero-order chi connectivity index (χ0) is 25.8. The number of pyridine rings is 1. The van der Waals surface area contributed by atoms with Gasteiger partial charge in [0.15, 0.2) is 6.61 Å². The molecule has 0 spiro atoms. The van der Waals surface area contributed by atoms with Gasteiger partial charge in [0.1, 0.15) is 28.4 Å². The van der Waals surface area contributed by atoms with Crippen LogP contribution in [0.5, 0.6) is 5.75 Å². The molecule has 2 aliphatic rings. The minimum Gasteiger partial charge on any atom is -0.482 e. The van der Waals surface area contributed by atoms with Crippen LogP contribution in [0.25, 0.3) is 4.96 Å². The summed E-state index contributed by atoms with van der Waals surface area (Å²) < 4.78 is 23.3. The average molecular weight is 521 g/mol. The highest BCUT2D eigenvalue weighted by molar-refractivity contribution is 7.16. The lowest BCUT2D eigenvalue weighted by molar-refractivity contribution is -0.135. The van der Waals surface area contributed by atoms with Crippen molar-refractivity contribution < 1.29 is 13.9 Å². The number of benzene rings is 1. The molecule has 1 fully saturated rings. The maximum absolute atomic E-state index is 15.6. The monoisotopic (exact) mass is 520 g/mol. The highest BCUT2D eigenvalue weighted by Crippen LogP contribution is 2.43. The third-order valence-electron chi connectivity index (χ3n) is 7.10. The number of carbonyl (C=O) groups excluding carboxylic acids is 1. The number of aromatic nitrogens is 4. The number of ether oxygens (including phenoxy) is 1. The molecular formula is C27H29FN6O2S. The molecule has 6 rings (SSSR count). The van der Waals surface area contributed by atoms with Gasteiger partial charge in [0.25, 0.3) is 5.91 Å². The Morgan fingerprint density at radius 2 is 2.00 bits per heavy atom. The number of hydrogen-bond donors (Lipinski definition) is 0. The van der Waals surface area contributed by atoms with Gasteiger partial charge in [-0.15, -0.1) is 0 Å². The van der Waals surface area contributed by atoms with E-state index < -0.39 is 6.04 Å². The van der Waals surface area contributed by atoms with Gasteiger partial charge in [-0.1, -0.05) is 23.5 Å². The minimum absolute atomic E-state index is 0.171. The summed E-state index contributed by atoms with van der Waals surface area (Å²) in [4.78, 5) is 27.3. The van der Waals surface area contributed by atoms with Crippen molar-refractivity contribution in [2.75, 3.05) is 32.1 Å². The first-order valence-electron chi connectivity index (χ1n) is 12.5. The molecular weight excluding hydrogens is 491 g/mol. The smallest absolute Gasteiger partial charge is 0.261 e. The van der Waals surface area contributed by atoms with Crippen LogP contribution in [-0.2, 0) is 11.2 Å². The Hall–Kier alpha value is -3.53. The Morgan fingerprint density at radius 1 is 1.19 bits per heavy atom. The molecule has 0 saturated heterocycles. The second-order valence-electron chi connectivity index (χ2n) is 9.99. The van der Waals surface area contributed by atoms with Crippen LogP contribution in [-0.4, -0.2) is 57.6 Å². The number of imidazole rings is 1. The van der Waals surface area contributed by atoms with Crippen LogP contribution < -0.4 is 9.64 Å². The second kappa shape index (κ2) is 9.09. The highest BCUT2D eigenvalue weighted by Gasteiger charge is 2.38. The van der Waals surface area contributed by atoms with Crippen LogP contribution in [0, 0.1) is 19.7 Å². The van der Waals surface area contributed by atoms with E-state index in [4.69, 9.17) is 9.72 Å². The Kier molecular flexibility index (Phi) is 5.86. The molecule has 1 unspecified atom stereocenters. The Bertz CT molecular complexity index is 1510. The molecule has 1 saturated carbocycles. The summed E-state index contributed by atoms with van der Waals surface area (Å²) in [5, 5.41) is 5.50. The number of fused-ring (bicyclic) bond motifs is 3. The third-order valence-corrected chi connectivity index (χ3v) is 7.92. The van der Waals surface area contributed by atoms with E-state index in [0.717, 1.165) is 45.6 Å². The molecule has 1 amide bonds. The summed E-state index contributed by atoms with van der Waals surface area (Å²) in [6.45, 7) is 4.02. The van der Waals surface area contributed by atoms with E-state index in [1.54, 1.807) is 15.5 Å². The number of halogens is 1. The van der Waals surface area contributed by atoms with Crippen LogP contribution in [0.1, 0.15) is 58.0 Å². The van der Waals surface area contributed by atoms with Gasteiger partial charge in [-0.3, -0.25) is 4.79 Å². The molecule has 4 heterocycles. The van der Waals surface area contributed by atoms with Crippen LogP contribution in [0.4, 0.5) is 10.2 Å². The molecule has 4 aromatic rings. The van der Waals surface area contributed by atoms with Crippen molar-refractivity contribution in [1.82, 2.24) is 24.5 Å². The number of anilines is 1. The Morgan fingerprint density at radius 3 is 2.70 bits per heavy atom. The zero-order valence-corrected chi connectivity index (χ0v) is 22.2. The molecule has 1 atom stereocenters. The number of amides is 1. The first-order chi connectivity index (χ1) is 17.8. The molecule has 37 heavy (non-hydrogen) atoms. The van der Waals surface area contributed by atoms with E-state index in [1.807, 2.05) is 57.1 Å². The van der Waals surface area contributed by atoms with Crippen LogP contribution in [0.3, 0.4) is 0 Å². The van der Waals surface area contributed by atoms with Gasteiger partial charge < -0.3 is 14.5 Å². The van der Waals surface area contributed by atoms with E-state index in [1.165, 1.54) is 11.3 Å². The second-order valence-corrected chi connectivity index (χ2v) is 11.2. The van der Waals surface area contributed by atoms with E-state index in [-0.39, 0.29) is 18.3 Å². The lowest BCUT2D eigenvalue weighted by Crippen LogP contribution is -2.43. The molecule has 8 nitrogen and oxygen atoms in total. The maximum atomic E-state index is 15.6. The first-order valence-corrected chi connectivity index (χ1v) is 13.3. The van der Waals surface area contributed by atoms with E-state index >= 15 is 4.39 Å². The number of aryl methyl sites for hydroxylation is 2. The van der Waals surface area contributed by atoms with Crippen molar-refractivity contribution in [3.63, 3.8) is 0 Å². The number of hydrogen-bond acceptors (Lipinski definition) is 7. The van der Waals surface area contributed by atoms with Crippen LogP contribution in [0.15, 0.2) is 30.3 Å². The summed E-state index contributed by atoms with van der Waals surface area (Å²) in [5.74, 6) is 1.28. The van der Waals surface area contributed by atoms with Crippen LogP contribution in [0.2, 0.25) is 0 Å². The first kappa shape index (κ1) is 23.8. The van der Waals surface area contributed by atoms with Gasteiger partial charge in [-0.2, -0.15) is 5.10 Å². The quantitative estimate of drug-likeness (QED) is 0.374. The predicted octanol–water partition coefficient (Wildman–Crippen LogP) is 4.44. The minimum atomic E-state index is -0.639. The number of carbonyl (C=O) groups is 1. The third kappa shape index (κ3) is 4.33. The molecule has 1 aliphatic heterocycles. The summed E-state index contributed by atoms with van der Waals surface area (Å²) in [6.07, 6.45) is 2.77. The molecule has 192 valence electrons. The molecule has 0 N–H and O–H groups in total. The van der Waals surface area contributed by atoms with Crippen LogP contribution >= 0.6 is 11.3 Å². The van der Waals surface area contributed by atoms with Crippen molar-refractivity contribution in [1.29, 1.82) is 0 Å². The van der Waals surface area contributed by atoms with Crippen molar-refractivity contribution in [3.8, 4) is 5.75 Å². The standard InChI is InChI=1S/C27H29FN6O2S/c1-15-22(9-10-23(29-15)32(3)4)36-14-24(35)33-12-11-21-26(34-27(30-21)37-16(2)31-34)25(33)19-8-7-18(13-20(19)28)17-5-6-17/h7-10,13,17,25H,5-6,11-12,14H2,1-4H3. The molecule has 10 heteroatoms. The molecule has 1 aromatic carbocycles. The van der Waals surface area contributed by atoms with Crippen molar-refractivity contribution >= 4 is 28.0 Å². The van der Waals surface area contributed by atoms with E-state index in [0.29, 0.717) is 35.9 Å². The van der Waals surface area contributed by atoms with Gasteiger partial charge in [-0.25, -0.2) is 18.9 Å². The SMILES string of the molecule is Cc1nn2c3c(nc2s1)CCN(C(=O)COc1ccc(N(C)C)nc1C)C3c1ccc(C2CC2)cc1F. The van der Waals surface area contributed by atoms with Gasteiger partial charge in [0, 0.05) is 32.6 Å². The lowest BCUT2D eigenvalue weighted by Gasteiger charge is -2.35. The summed E-state index contributed by atoms with van der Waals surface area (Å²) >= 11 is 1.49. The fourth-order valence-electron chi connectivity index (χ4n) is 5.04. The fourth-order valence-corrected chi connectivity index (χ4v) is 5.81. The van der Waals surface area contributed by atoms with E-state index in [2.05, 4.69) is 10.1 Å². The lowest BCUT2D eigenvalue weighted by atomic mass is 9.93. The largest absolute Gasteiger partial charge is 0.482 e. The van der Waals surface area contributed by atoms with Crippen molar-refractivity contribution in [3.05, 3.63) is 69.4 Å². The predicted molar refractivity (Wildman–Crippen MR) is 140 cm³/mol. The van der Waals surface area contributed by atoms with Gasteiger partial charge in [-0.05, 0) is 56.4 Å². The molecule has 0 radical (unpaired) electrons. The highest BCUT2D eigenvalue weighted by atomic mass is 32.1. The molecule has 0 bridgehead atoms. The number of rotatable bonds is 6. The average Bonchev–Trinajstić information content (AvgIpc) is 3.58. The van der Waals surface area contributed by atoms with Gasteiger partial charge in [0.2, 0.25) is 4.96 Å².